The van der Waals surface area contributed by atoms with Crippen molar-refractivity contribution in [3.63, 3.8) is 0 Å². The number of nitrogens with zero attached hydrogens (tertiary/aromatic N) is 2. The summed E-state index contributed by atoms with van der Waals surface area (Å²) in [4.78, 5) is 3.99. The number of nitrogens with two attached hydrogens (primary N) is 1. The van der Waals surface area contributed by atoms with Crippen LogP contribution >= 0.6 is 0 Å². The molecule has 102 valence electrons. The van der Waals surface area contributed by atoms with Gasteiger partial charge in [0.2, 0.25) is 0 Å². The van der Waals surface area contributed by atoms with Crippen molar-refractivity contribution in [1.29, 1.82) is 0 Å². The Morgan fingerprint density at radius 1 is 1.11 bits per heavy atom. The zero-order chi connectivity index (χ0) is 13.8. The number of benzene rings is 1. The molecule has 1 aromatic heterocycles. The van der Waals surface area contributed by atoms with Gasteiger partial charge in [0.05, 0.1) is 33.4 Å². The Morgan fingerprint density at radius 3 is 2.16 bits per heavy atom. The summed E-state index contributed by atoms with van der Waals surface area (Å²) in [5.74, 6) is 2.49. The smallest absolute Gasteiger partial charge is 0.200 e. The number of imidazole rings is 1. The predicted octanol–water partition coefficient (Wildman–Crippen LogP) is 1.54. The van der Waals surface area contributed by atoms with E-state index in [9.17, 15) is 0 Å². The SMILES string of the molecule is COc1cc(OC)c(Cn2ccnc2N)c(OC)c1. The number of hydrogen-bond acceptors (Lipinski definition) is 5. The fourth-order valence-electron chi connectivity index (χ4n) is 1.88. The van der Waals surface area contributed by atoms with E-state index in [0.717, 1.165) is 5.56 Å². The summed E-state index contributed by atoms with van der Waals surface area (Å²) in [6.07, 6.45) is 3.45. The molecule has 0 saturated heterocycles. The van der Waals surface area contributed by atoms with E-state index in [4.69, 9.17) is 19.9 Å². The Bertz CT molecular complexity index is 541. The highest BCUT2D eigenvalue weighted by molar-refractivity contribution is 5.51. The van der Waals surface area contributed by atoms with E-state index in [-0.39, 0.29) is 0 Å². The molecule has 2 rings (SSSR count). The van der Waals surface area contributed by atoms with Crippen LogP contribution in [0.3, 0.4) is 0 Å². The van der Waals surface area contributed by atoms with Crippen LogP contribution in [0.5, 0.6) is 17.2 Å². The lowest BCUT2D eigenvalue weighted by molar-refractivity contribution is 0.367. The van der Waals surface area contributed by atoms with Gasteiger partial charge in [-0.05, 0) is 0 Å². The molecule has 0 saturated carbocycles. The molecule has 0 unspecified atom stereocenters. The molecule has 1 aromatic carbocycles. The second-order valence-corrected chi connectivity index (χ2v) is 3.92. The van der Waals surface area contributed by atoms with Crippen LogP contribution in [0.25, 0.3) is 0 Å². The lowest BCUT2D eigenvalue weighted by Crippen LogP contribution is -2.07. The van der Waals surface area contributed by atoms with E-state index < -0.39 is 0 Å². The summed E-state index contributed by atoms with van der Waals surface area (Å²) in [6.45, 7) is 0.516. The maximum absolute atomic E-state index is 5.77. The second-order valence-electron chi connectivity index (χ2n) is 3.92. The standard InChI is InChI=1S/C13H17N3O3/c1-17-9-6-11(18-2)10(12(7-9)19-3)8-16-5-4-15-13(16)14/h4-7H,8H2,1-3H3,(H2,14,15). The zero-order valence-electron chi connectivity index (χ0n) is 11.2. The van der Waals surface area contributed by atoms with Gasteiger partial charge in [0.15, 0.2) is 5.95 Å². The van der Waals surface area contributed by atoms with Crippen molar-refractivity contribution in [2.24, 2.45) is 0 Å². The molecule has 1 heterocycles. The molecule has 0 aliphatic carbocycles. The van der Waals surface area contributed by atoms with Crippen LogP contribution in [0.15, 0.2) is 24.5 Å². The van der Waals surface area contributed by atoms with E-state index >= 15 is 0 Å². The maximum atomic E-state index is 5.77. The average Bonchev–Trinajstić information content (AvgIpc) is 2.84. The van der Waals surface area contributed by atoms with Crippen molar-refractivity contribution in [3.8, 4) is 17.2 Å². The number of nitrogen functional groups attached to an aromatic ring is 1. The molecule has 6 heteroatoms. The molecule has 0 aliphatic heterocycles. The Kier molecular flexibility index (Phi) is 3.79. The summed E-state index contributed by atoms with van der Waals surface area (Å²) in [7, 11) is 4.81. The lowest BCUT2D eigenvalue weighted by atomic mass is 10.1. The number of methoxy groups -OCH3 is 3. The highest BCUT2D eigenvalue weighted by atomic mass is 16.5. The third-order valence-electron chi connectivity index (χ3n) is 2.89. The van der Waals surface area contributed by atoms with Gasteiger partial charge in [-0.3, -0.25) is 0 Å². The van der Waals surface area contributed by atoms with E-state index in [1.165, 1.54) is 0 Å². The zero-order valence-corrected chi connectivity index (χ0v) is 11.2. The highest BCUT2D eigenvalue weighted by Crippen LogP contribution is 2.34. The summed E-state index contributed by atoms with van der Waals surface area (Å²) in [6, 6.07) is 3.62. The van der Waals surface area contributed by atoms with Crippen molar-refractivity contribution >= 4 is 5.95 Å². The molecule has 0 spiro atoms. The minimum Gasteiger partial charge on any atom is -0.496 e. The van der Waals surface area contributed by atoms with E-state index in [0.29, 0.717) is 29.7 Å². The molecule has 0 atom stereocenters. The first-order chi connectivity index (χ1) is 9.19. The van der Waals surface area contributed by atoms with Gasteiger partial charge in [0, 0.05) is 24.5 Å². The first-order valence-electron chi connectivity index (χ1n) is 5.75. The van der Waals surface area contributed by atoms with Crippen molar-refractivity contribution in [2.45, 2.75) is 6.54 Å². The summed E-state index contributed by atoms with van der Waals surface area (Å²) in [5, 5.41) is 0. The fraction of sp³-hybridized carbons (Fsp3) is 0.308. The van der Waals surface area contributed by atoms with E-state index in [1.54, 1.807) is 33.7 Å². The van der Waals surface area contributed by atoms with Gasteiger partial charge in [0.1, 0.15) is 17.2 Å². The highest BCUT2D eigenvalue weighted by Gasteiger charge is 2.14. The Hall–Kier alpha value is -2.37. The number of rotatable bonds is 5. The van der Waals surface area contributed by atoms with Crippen LogP contribution in [0.1, 0.15) is 5.56 Å². The second kappa shape index (κ2) is 5.51. The number of hydrogen-bond donors (Lipinski definition) is 1. The molecule has 0 amide bonds. The molecule has 2 N–H and O–H groups in total. The lowest BCUT2D eigenvalue weighted by Gasteiger charge is -2.15. The minimum absolute atomic E-state index is 0.444. The first kappa shape index (κ1) is 13.1. The topological polar surface area (TPSA) is 71.5 Å². The number of aromatic nitrogens is 2. The summed E-state index contributed by atoms with van der Waals surface area (Å²) in [5.41, 5.74) is 6.66. The fourth-order valence-corrected chi connectivity index (χ4v) is 1.88. The van der Waals surface area contributed by atoms with Crippen LogP contribution in [0.2, 0.25) is 0 Å². The van der Waals surface area contributed by atoms with Crippen LogP contribution in [0.4, 0.5) is 5.95 Å². The summed E-state index contributed by atoms with van der Waals surface area (Å²) < 4.78 is 17.8. The van der Waals surface area contributed by atoms with Gasteiger partial charge < -0.3 is 24.5 Å². The third kappa shape index (κ3) is 2.57. The van der Waals surface area contributed by atoms with Gasteiger partial charge >= 0.3 is 0 Å². The normalized spacial score (nSPS) is 10.3. The number of ether oxygens (including phenoxy) is 3. The van der Waals surface area contributed by atoms with Crippen LogP contribution in [-0.4, -0.2) is 30.9 Å². The maximum Gasteiger partial charge on any atom is 0.200 e. The predicted molar refractivity (Wildman–Crippen MR) is 71.8 cm³/mol. The monoisotopic (exact) mass is 263 g/mol. The molecule has 0 fully saturated rings. The minimum atomic E-state index is 0.444. The summed E-state index contributed by atoms with van der Waals surface area (Å²) >= 11 is 0. The first-order valence-corrected chi connectivity index (χ1v) is 5.75. The van der Waals surface area contributed by atoms with Gasteiger partial charge in [-0.25, -0.2) is 4.98 Å². The van der Waals surface area contributed by atoms with Crippen LogP contribution in [0, 0.1) is 0 Å². The van der Waals surface area contributed by atoms with Crippen molar-refractivity contribution in [2.75, 3.05) is 27.1 Å². The Labute approximate surface area is 111 Å². The van der Waals surface area contributed by atoms with Crippen molar-refractivity contribution in [3.05, 3.63) is 30.1 Å². The quantitative estimate of drug-likeness (QED) is 0.886. The largest absolute Gasteiger partial charge is 0.496 e. The molecule has 6 nitrogen and oxygen atoms in total. The van der Waals surface area contributed by atoms with Crippen LogP contribution < -0.4 is 19.9 Å². The van der Waals surface area contributed by atoms with Gasteiger partial charge in [-0.15, -0.1) is 0 Å². The molecule has 0 bridgehead atoms. The molecule has 0 radical (unpaired) electrons. The molecule has 2 aromatic rings. The van der Waals surface area contributed by atoms with Crippen molar-refractivity contribution < 1.29 is 14.2 Å². The molecule has 0 aliphatic rings. The van der Waals surface area contributed by atoms with E-state index in [2.05, 4.69) is 4.98 Å². The Balaban J connectivity index is 2.45. The molecule has 19 heavy (non-hydrogen) atoms. The number of anilines is 1. The van der Waals surface area contributed by atoms with Gasteiger partial charge in [-0.1, -0.05) is 0 Å². The van der Waals surface area contributed by atoms with E-state index in [1.807, 2.05) is 16.7 Å². The van der Waals surface area contributed by atoms with Gasteiger partial charge in [-0.2, -0.15) is 0 Å². The molecular formula is C13H17N3O3. The van der Waals surface area contributed by atoms with Gasteiger partial charge in [0.25, 0.3) is 0 Å². The van der Waals surface area contributed by atoms with Crippen molar-refractivity contribution in [1.82, 2.24) is 9.55 Å². The van der Waals surface area contributed by atoms with Crippen LogP contribution in [-0.2, 0) is 6.54 Å². The average molecular weight is 263 g/mol. The molecular weight excluding hydrogens is 246 g/mol. The third-order valence-corrected chi connectivity index (χ3v) is 2.89. The Morgan fingerprint density at radius 2 is 1.74 bits per heavy atom.